The van der Waals surface area contributed by atoms with Crippen LogP contribution >= 0.6 is 0 Å². The second kappa shape index (κ2) is 7.83. The van der Waals surface area contributed by atoms with E-state index >= 15 is 0 Å². The van der Waals surface area contributed by atoms with Crippen molar-refractivity contribution in [3.8, 4) is 17.1 Å². The first-order chi connectivity index (χ1) is 12.5. The van der Waals surface area contributed by atoms with E-state index in [-0.39, 0.29) is 6.10 Å². The van der Waals surface area contributed by atoms with Crippen molar-refractivity contribution in [1.82, 2.24) is 25.3 Å². The highest BCUT2D eigenvalue weighted by Gasteiger charge is 2.13. The molecule has 0 spiro atoms. The first-order valence-electron chi connectivity index (χ1n) is 8.05. The van der Waals surface area contributed by atoms with Gasteiger partial charge in [0.05, 0.1) is 30.1 Å². The Morgan fingerprint density at radius 3 is 2.92 bits per heavy atom. The summed E-state index contributed by atoms with van der Waals surface area (Å²) in [4.78, 5) is 8.52. The number of rotatable bonds is 8. The maximum Gasteiger partial charge on any atom is 0.233 e. The minimum atomic E-state index is -0.115. The standard InChI is InChI=1S/C16H21N7O3/c1-9-4-11(26-23-9)6-18-16-19-7-12(15(17)20-16)13-5-14(22-21-13)25-10(2)8-24-3/h4-5,7,10H,6,8H2,1-3H3,(H,21,22)(H3,17,18,19,20). The van der Waals surface area contributed by atoms with E-state index in [9.17, 15) is 0 Å². The number of aromatic nitrogens is 5. The number of hydrogen-bond donors (Lipinski definition) is 3. The van der Waals surface area contributed by atoms with Crippen LogP contribution in [0.4, 0.5) is 11.8 Å². The molecule has 0 saturated heterocycles. The molecular weight excluding hydrogens is 338 g/mol. The Bertz CT molecular complexity index is 861. The summed E-state index contributed by atoms with van der Waals surface area (Å²) >= 11 is 0. The van der Waals surface area contributed by atoms with Crippen LogP contribution in [-0.4, -0.2) is 45.1 Å². The van der Waals surface area contributed by atoms with E-state index in [2.05, 4.69) is 30.6 Å². The number of ether oxygens (including phenoxy) is 2. The van der Waals surface area contributed by atoms with Crippen molar-refractivity contribution in [2.75, 3.05) is 24.8 Å². The van der Waals surface area contributed by atoms with Gasteiger partial charge in [-0.2, -0.15) is 4.98 Å². The van der Waals surface area contributed by atoms with Crippen LogP contribution in [0, 0.1) is 6.92 Å². The summed E-state index contributed by atoms with van der Waals surface area (Å²) in [5.41, 5.74) is 8.16. The number of aryl methyl sites for hydroxylation is 1. The van der Waals surface area contributed by atoms with Gasteiger partial charge in [-0.15, -0.1) is 5.10 Å². The van der Waals surface area contributed by atoms with Crippen molar-refractivity contribution in [2.24, 2.45) is 0 Å². The summed E-state index contributed by atoms with van der Waals surface area (Å²) in [5, 5.41) is 13.8. The number of hydrogen-bond acceptors (Lipinski definition) is 9. The summed E-state index contributed by atoms with van der Waals surface area (Å²) in [7, 11) is 1.62. The molecule has 4 N–H and O–H groups in total. The number of aromatic amines is 1. The third-order valence-corrected chi connectivity index (χ3v) is 3.48. The first kappa shape index (κ1) is 17.7. The van der Waals surface area contributed by atoms with Crippen LogP contribution in [-0.2, 0) is 11.3 Å². The van der Waals surface area contributed by atoms with Crippen LogP contribution < -0.4 is 15.8 Å². The van der Waals surface area contributed by atoms with Crippen LogP contribution in [0.3, 0.4) is 0 Å². The minimum Gasteiger partial charge on any atom is -0.471 e. The van der Waals surface area contributed by atoms with Crippen molar-refractivity contribution in [3.63, 3.8) is 0 Å². The normalized spacial score (nSPS) is 12.1. The zero-order chi connectivity index (χ0) is 18.5. The summed E-state index contributed by atoms with van der Waals surface area (Å²) in [5.74, 6) is 1.85. The maximum atomic E-state index is 6.05. The smallest absolute Gasteiger partial charge is 0.233 e. The lowest BCUT2D eigenvalue weighted by Gasteiger charge is -2.10. The number of nitrogens with one attached hydrogen (secondary N) is 2. The fraction of sp³-hybridized carbons (Fsp3) is 0.375. The van der Waals surface area contributed by atoms with Crippen molar-refractivity contribution in [1.29, 1.82) is 0 Å². The minimum absolute atomic E-state index is 0.115. The SMILES string of the molecule is COCC(C)Oc1cc(-c2cnc(NCc3cc(C)no3)nc2N)[nH]n1. The lowest BCUT2D eigenvalue weighted by Crippen LogP contribution is -2.18. The topological polar surface area (TPSA) is 137 Å². The van der Waals surface area contributed by atoms with Gasteiger partial charge in [0.25, 0.3) is 0 Å². The molecule has 3 aromatic heterocycles. The quantitative estimate of drug-likeness (QED) is 0.549. The molecule has 0 aliphatic heterocycles. The molecule has 138 valence electrons. The van der Waals surface area contributed by atoms with Gasteiger partial charge in [-0.1, -0.05) is 5.16 Å². The monoisotopic (exact) mass is 359 g/mol. The van der Waals surface area contributed by atoms with E-state index < -0.39 is 0 Å². The highest BCUT2D eigenvalue weighted by molar-refractivity contribution is 5.71. The van der Waals surface area contributed by atoms with E-state index in [0.29, 0.717) is 47.8 Å². The highest BCUT2D eigenvalue weighted by Crippen LogP contribution is 2.25. The van der Waals surface area contributed by atoms with E-state index in [1.165, 1.54) is 0 Å². The van der Waals surface area contributed by atoms with Crippen molar-refractivity contribution in [3.05, 3.63) is 29.8 Å². The van der Waals surface area contributed by atoms with Gasteiger partial charge in [0, 0.05) is 25.4 Å². The molecular formula is C16H21N7O3. The summed E-state index contributed by atoms with van der Waals surface area (Å²) in [6.45, 7) is 4.64. The van der Waals surface area contributed by atoms with Crippen molar-refractivity contribution >= 4 is 11.8 Å². The number of methoxy groups -OCH3 is 1. The Kier molecular flexibility index (Phi) is 5.32. The second-order valence-corrected chi connectivity index (χ2v) is 5.78. The molecule has 1 atom stereocenters. The molecule has 0 radical (unpaired) electrons. The van der Waals surface area contributed by atoms with Crippen molar-refractivity contribution < 1.29 is 14.0 Å². The lowest BCUT2D eigenvalue weighted by molar-refractivity contribution is 0.0889. The van der Waals surface area contributed by atoms with Gasteiger partial charge in [-0.3, -0.25) is 5.10 Å². The predicted octanol–water partition coefficient (Wildman–Crippen LogP) is 1.77. The number of nitrogens with zero attached hydrogens (tertiary/aromatic N) is 4. The van der Waals surface area contributed by atoms with Gasteiger partial charge in [-0.05, 0) is 13.8 Å². The average Bonchev–Trinajstić information content (AvgIpc) is 3.22. The number of nitrogen functional groups attached to an aromatic ring is 1. The molecule has 3 heterocycles. The van der Waals surface area contributed by atoms with Crippen LogP contribution in [0.2, 0.25) is 0 Å². The Morgan fingerprint density at radius 1 is 1.38 bits per heavy atom. The molecule has 0 bridgehead atoms. The molecule has 3 rings (SSSR count). The second-order valence-electron chi connectivity index (χ2n) is 5.78. The Hall–Kier alpha value is -3.14. The molecule has 0 aromatic carbocycles. The largest absolute Gasteiger partial charge is 0.471 e. The van der Waals surface area contributed by atoms with Gasteiger partial charge < -0.3 is 25.0 Å². The van der Waals surface area contributed by atoms with Gasteiger partial charge in [0.1, 0.15) is 11.9 Å². The molecule has 3 aromatic rings. The maximum absolute atomic E-state index is 6.05. The third kappa shape index (κ3) is 4.28. The Morgan fingerprint density at radius 2 is 2.23 bits per heavy atom. The molecule has 26 heavy (non-hydrogen) atoms. The number of anilines is 2. The molecule has 0 aliphatic carbocycles. The van der Waals surface area contributed by atoms with Crippen LogP contribution in [0.1, 0.15) is 18.4 Å². The zero-order valence-electron chi connectivity index (χ0n) is 14.8. The average molecular weight is 359 g/mol. The van der Waals surface area contributed by atoms with Gasteiger partial charge in [0.2, 0.25) is 11.8 Å². The summed E-state index contributed by atoms with van der Waals surface area (Å²) in [6.07, 6.45) is 1.50. The third-order valence-electron chi connectivity index (χ3n) is 3.48. The predicted molar refractivity (Wildman–Crippen MR) is 94.6 cm³/mol. The Labute approximate surface area is 150 Å². The fourth-order valence-electron chi connectivity index (χ4n) is 2.33. The van der Waals surface area contributed by atoms with Crippen LogP contribution in [0.25, 0.3) is 11.3 Å². The lowest BCUT2D eigenvalue weighted by atomic mass is 10.2. The van der Waals surface area contributed by atoms with Gasteiger partial charge in [-0.25, -0.2) is 4.98 Å². The molecule has 0 fully saturated rings. The number of nitrogens with two attached hydrogens (primary N) is 1. The van der Waals surface area contributed by atoms with E-state index in [1.807, 2.05) is 19.9 Å². The molecule has 0 aliphatic rings. The molecule has 0 amide bonds. The first-order valence-corrected chi connectivity index (χ1v) is 8.05. The fourth-order valence-corrected chi connectivity index (χ4v) is 2.33. The highest BCUT2D eigenvalue weighted by atomic mass is 16.5. The van der Waals surface area contributed by atoms with Gasteiger partial charge >= 0.3 is 0 Å². The van der Waals surface area contributed by atoms with E-state index in [4.69, 9.17) is 19.7 Å². The molecule has 10 nitrogen and oxygen atoms in total. The van der Waals surface area contributed by atoms with E-state index in [1.54, 1.807) is 19.4 Å². The van der Waals surface area contributed by atoms with Crippen LogP contribution in [0.15, 0.2) is 22.9 Å². The van der Waals surface area contributed by atoms with Crippen LogP contribution in [0.5, 0.6) is 5.88 Å². The Balaban J connectivity index is 1.66. The molecule has 0 saturated carbocycles. The molecule has 1 unspecified atom stereocenters. The van der Waals surface area contributed by atoms with Crippen molar-refractivity contribution in [2.45, 2.75) is 26.5 Å². The van der Waals surface area contributed by atoms with Gasteiger partial charge in [0.15, 0.2) is 5.76 Å². The van der Waals surface area contributed by atoms with E-state index in [0.717, 1.165) is 5.69 Å². The molecule has 10 heteroatoms. The zero-order valence-corrected chi connectivity index (χ0v) is 14.8. The summed E-state index contributed by atoms with van der Waals surface area (Å²) < 4.78 is 15.8. The number of H-pyrrole nitrogens is 1. The summed E-state index contributed by atoms with van der Waals surface area (Å²) in [6, 6.07) is 3.58.